The van der Waals surface area contributed by atoms with E-state index in [1.54, 1.807) is 13.0 Å². The van der Waals surface area contributed by atoms with Crippen molar-refractivity contribution in [1.29, 1.82) is 0 Å². The Labute approximate surface area is 117 Å². The second kappa shape index (κ2) is 6.54. The molecule has 0 saturated heterocycles. The number of benzene rings is 1. The van der Waals surface area contributed by atoms with Crippen LogP contribution < -0.4 is 10.5 Å². The first-order valence-electron chi connectivity index (χ1n) is 5.74. The van der Waals surface area contributed by atoms with Crippen molar-refractivity contribution in [3.63, 3.8) is 0 Å². The number of rotatable bonds is 6. The van der Waals surface area contributed by atoms with Crippen LogP contribution in [0.4, 0.5) is 0 Å². The van der Waals surface area contributed by atoms with E-state index in [4.69, 9.17) is 10.5 Å². The van der Waals surface area contributed by atoms with Gasteiger partial charge in [-0.1, -0.05) is 22.9 Å². The molecule has 1 atom stereocenters. The maximum atomic E-state index is 11.4. The first kappa shape index (κ1) is 15.5. The van der Waals surface area contributed by atoms with E-state index in [9.17, 15) is 8.42 Å². The van der Waals surface area contributed by atoms with Crippen LogP contribution >= 0.6 is 15.9 Å². The van der Waals surface area contributed by atoms with Gasteiger partial charge in [-0.15, -0.1) is 0 Å². The number of halogens is 1. The normalized spacial score (nSPS) is 13.3. The Balaban J connectivity index is 2.73. The van der Waals surface area contributed by atoms with Gasteiger partial charge in [0.2, 0.25) is 0 Å². The molecule has 102 valence electrons. The lowest BCUT2D eigenvalue weighted by Crippen LogP contribution is -2.17. The highest BCUT2D eigenvalue weighted by molar-refractivity contribution is 9.10. The largest absolute Gasteiger partial charge is 0.492 e. The van der Waals surface area contributed by atoms with E-state index in [0.29, 0.717) is 5.75 Å². The van der Waals surface area contributed by atoms with Crippen molar-refractivity contribution in [1.82, 2.24) is 0 Å². The minimum Gasteiger partial charge on any atom is -0.492 e. The average molecular weight is 336 g/mol. The van der Waals surface area contributed by atoms with Crippen LogP contribution in [0, 0.1) is 0 Å². The van der Waals surface area contributed by atoms with Crippen LogP contribution in [0.25, 0.3) is 0 Å². The molecule has 1 rings (SSSR count). The summed E-state index contributed by atoms with van der Waals surface area (Å²) >= 11 is 3.37. The van der Waals surface area contributed by atoms with Crippen LogP contribution in [0.3, 0.4) is 0 Å². The van der Waals surface area contributed by atoms with Gasteiger partial charge in [-0.2, -0.15) is 0 Å². The summed E-state index contributed by atoms with van der Waals surface area (Å²) in [5.74, 6) is 0.800. The SMILES string of the molecule is CCS(=O)(=O)CCOc1ccc(Br)cc1[C@H](C)N. The monoisotopic (exact) mass is 335 g/mol. The highest BCUT2D eigenvalue weighted by Crippen LogP contribution is 2.27. The second-order valence-corrected chi connectivity index (χ2v) is 7.44. The summed E-state index contributed by atoms with van der Waals surface area (Å²) in [6, 6.07) is 5.35. The number of hydrogen-bond donors (Lipinski definition) is 1. The van der Waals surface area contributed by atoms with E-state index >= 15 is 0 Å². The third-order valence-corrected chi connectivity index (χ3v) is 4.72. The zero-order chi connectivity index (χ0) is 13.8. The maximum Gasteiger partial charge on any atom is 0.153 e. The van der Waals surface area contributed by atoms with Gasteiger partial charge in [0, 0.05) is 21.8 Å². The zero-order valence-electron chi connectivity index (χ0n) is 10.5. The molecular weight excluding hydrogens is 318 g/mol. The standard InChI is InChI=1S/C12H18BrNO3S/c1-3-18(15,16)7-6-17-12-5-4-10(13)8-11(12)9(2)14/h4-5,8-9H,3,6-7,14H2,1-2H3/t9-/m0/s1. The Morgan fingerprint density at radius 1 is 1.44 bits per heavy atom. The molecule has 1 aromatic rings. The summed E-state index contributed by atoms with van der Waals surface area (Å²) in [5, 5.41) is 0. The van der Waals surface area contributed by atoms with E-state index in [2.05, 4.69) is 15.9 Å². The summed E-state index contributed by atoms with van der Waals surface area (Å²) < 4.78 is 29.1. The molecule has 0 radical (unpaired) electrons. The van der Waals surface area contributed by atoms with Gasteiger partial charge < -0.3 is 10.5 Å². The average Bonchev–Trinajstić information content (AvgIpc) is 2.30. The second-order valence-electron chi connectivity index (χ2n) is 4.06. The van der Waals surface area contributed by atoms with Crippen molar-refractivity contribution in [2.24, 2.45) is 5.73 Å². The van der Waals surface area contributed by atoms with Gasteiger partial charge >= 0.3 is 0 Å². The fraction of sp³-hybridized carbons (Fsp3) is 0.500. The molecule has 0 unspecified atom stereocenters. The maximum absolute atomic E-state index is 11.4. The lowest BCUT2D eigenvalue weighted by Gasteiger charge is -2.14. The smallest absolute Gasteiger partial charge is 0.153 e. The molecule has 0 heterocycles. The van der Waals surface area contributed by atoms with Gasteiger partial charge in [-0.3, -0.25) is 0 Å². The van der Waals surface area contributed by atoms with Gasteiger partial charge in [0.15, 0.2) is 9.84 Å². The predicted molar refractivity (Wildman–Crippen MR) is 76.6 cm³/mol. The van der Waals surface area contributed by atoms with Crippen molar-refractivity contribution < 1.29 is 13.2 Å². The molecule has 4 nitrogen and oxygen atoms in total. The zero-order valence-corrected chi connectivity index (χ0v) is 12.9. The quantitative estimate of drug-likeness (QED) is 0.865. The Hall–Kier alpha value is -0.590. The molecule has 0 aliphatic heterocycles. The summed E-state index contributed by atoms with van der Waals surface area (Å²) in [5.41, 5.74) is 6.71. The lowest BCUT2D eigenvalue weighted by molar-refractivity contribution is 0.335. The number of ether oxygens (including phenoxy) is 1. The molecule has 0 amide bonds. The predicted octanol–water partition coefficient (Wildman–Crippen LogP) is 2.28. The van der Waals surface area contributed by atoms with E-state index in [-0.39, 0.29) is 24.2 Å². The molecule has 1 aromatic carbocycles. The Kier molecular flexibility index (Phi) is 5.62. The summed E-state index contributed by atoms with van der Waals surface area (Å²) in [6.45, 7) is 3.64. The van der Waals surface area contributed by atoms with E-state index in [0.717, 1.165) is 10.0 Å². The van der Waals surface area contributed by atoms with Gasteiger partial charge in [0.25, 0.3) is 0 Å². The number of nitrogens with two attached hydrogens (primary N) is 1. The number of hydrogen-bond acceptors (Lipinski definition) is 4. The lowest BCUT2D eigenvalue weighted by atomic mass is 10.1. The van der Waals surface area contributed by atoms with Crippen molar-refractivity contribution in [2.75, 3.05) is 18.1 Å². The van der Waals surface area contributed by atoms with Crippen molar-refractivity contribution in [2.45, 2.75) is 19.9 Å². The molecule has 18 heavy (non-hydrogen) atoms. The molecule has 0 fully saturated rings. The van der Waals surface area contributed by atoms with Crippen LogP contribution in [-0.4, -0.2) is 26.5 Å². The Morgan fingerprint density at radius 3 is 2.67 bits per heavy atom. The molecule has 0 aliphatic rings. The minimum atomic E-state index is -3.00. The van der Waals surface area contributed by atoms with Crippen LogP contribution in [0.1, 0.15) is 25.5 Å². The van der Waals surface area contributed by atoms with Crippen LogP contribution in [0.5, 0.6) is 5.75 Å². The Bertz CT molecular complexity index is 500. The van der Waals surface area contributed by atoms with Crippen molar-refractivity contribution in [3.05, 3.63) is 28.2 Å². The first-order chi connectivity index (χ1) is 8.35. The van der Waals surface area contributed by atoms with Crippen molar-refractivity contribution in [3.8, 4) is 5.75 Å². The molecule has 0 bridgehead atoms. The van der Waals surface area contributed by atoms with Crippen LogP contribution in [0.2, 0.25) is 0 Å². The van der Waals surface area contributed by atoms with E-state index < -0.39 is 9.84 Å². The fourth-order valence-electron chi connectivity index (χ4n) is 1.43. The molecule has 6 heteroatoms. The molecule has 0 spiro atoms. The third kappa shape index (κ3) is 4.59. The van der Waals surface area contributed by atoms with Crippen LogP contribution in [0.15, 0.2) is 22.7 Å². The summed E-state index contributed by atoms with van der Waals surface area (Å²) in [4.78, 5) is 0. The van der Waals surface area contributed by atoms with E-state index in [1.807, 2.05) is 19.1 Å². The highest BCUT2D eigenvalue weighted by atomic mass is 79.9. The first-order valence-corrected chi connectivity index (χ1v) is 8.35. The van der Waals surface area contributed by atoms with Gasteiger partial charge in [-0.25, -0.2) is 8.42 Å². The number of sulfone groups is 1. The fourth-order valence-corrected chi connectivity index (χ4v) is 2.43. The molecule has 0 aliphatic carbocycles. The van der Waals surface area contributed by atoms with Gasteiger partial charge in [0.1, 0.15) is 12.4 Å². The minimum absolute atomic E-state index is 0.0258. The van der Waals surface area contributed by atoms with Crippen LogP contribution in [-0.2, 0) is 9.84 Å². The molecule has 2 N–H and O–H groups in total. The molecule has 0 aromatic heterocycles. The van der Waals surface area contributed by atoms with Crippen molar-refractivity contribution >= 4 is 25.8 Å². The third-order valence-electron chi connectivity index (χ3n) is 2.55. The van der Waals surface area contributed by atoms with Gasteiger partial charge in [-0.05, 0) is 25.1 Å². The molecule has 0 saturated carbocycles. The highest BCUT2D eigenvalue weighted by Gasteiger charge is 2.11. The van der Waals surface area contributed by atoms with Gasteiger partial charge in [0.05, 0.1) is 5.75 Å². The summed E-state index contributed by atoms with van der Waals surface area (Å²) in [7, 11) is -3.00. The Morgan fingerprint density at radius 2 is 2.11 bits per heavy atom. The molecular formula is C12H18BrNO3S. The van der Waals surface area contributed by atoms with E-state index in [1.165, 1.54) is 0 Å². The summed E-state index contributed by atoms with van der Waals surface area (Å²) in [6.07, 6.45) is 0. The topological polar surface area (TPSA) is 69.4 Å².